The van der Waals surface area contributed by atoms with E-state index in [9.17, 15) is 5.11 Å². The van der Waals surface area contributed by atoms with E-state index in [1.807, 2.05) is 13.0 Å². The normalized spacial score (nSPS) is 11.6. The van der Waals surface area contributed by atoms with Gasteiger partial charge >= 0.3 is 0 Å². The number of aliphatic hydroxyl groups is 1. The van der Waals surface area contributed by atoms with Crippen LogP contribution >= 0.6 is 11.6 Å². The van der Waals surface area contributed by atoms with E-state index in [1.165, 1.54) is 0 Å². The molecule has 0 radical (unpaired) electrons. The van der Waals surface area contributed by atoms with Gasteiger partial charge in [0.05, 0.1) is 17.2 Å². The summed E-state index contributed by atoms with van der Waals surface area (Å²) in [7, 11) is 0. The van der Waals surface area contributed by atoms with Crippen LogP contribution < -0.4 is 0 Å². The van der Waals surface area contributed by atoms with E-state index in [0.29, 0.717) is 23.7 Å². The molecule has 1 rings (SSSR count). The summed E-state index contributed by atoms with van der Waals surface area (Å²) < 4.78 is 0. The molecule has 0 aliphatic rings. The monoisotopic (exact) mass is 266 g/mol. The molecule has 1 aromatic carbocycles. The molecule has 1 aromatic rings. The van der Waals surface area contributed by atoms with Gasteiger partial charge in [-0.15, -0.1) is 0 Å². The Morgan fingerprint density at radius 2 is 2.11 bits per heavy atom. The van der Waals surface area contributed by atoms with Crippen molar-refractivity contribution in [2.75, 3.05) is 13.1 Å². The molecule has 98 valence electrons. The standard InChI is InChI=1S/C14H19ClN2O/c1-4-17(10-14(2,3)18)9-12-6-5-11(8-16)7-13(12)15/h5-7,18H,4,9-10H2,1-3H3. The van der Waals surface area contributed by atoms with E-state index in [2.05, 4.69) is 11.0 Å². The zero-order valence-electron chi connectivity index (χ0n) is 11.1. The van der Waals surface area contributed by atoms with Crippen LogP contribution in [-0.2, 0) is 6.54 Å². The van der Waals surface area contributed by atoms with Crippen molar-refractivity contribution in [3.8, 4) is 6.07 Å². The Bertz CT molecular complexity index is 446. The molecule has 0 fully saturated rings. The maximum absolute atomic E-state index is 9.83. The summed E-state index contributed by atoms with van der Waals surface area (Å²) in [5.74, 6) is 0. The Morgan fingerprint density at radius 3 is 2.56 bits per heavy atom. The molecular weight excluding hydrogens is 248 g/mol. The molecule has 0 atom stereocenters. The zero-order chi connectivity index (χ0) is 13.8. The highest BCUT2D eigenvalue weighted by molar-refractivity contribution is 6.31. The first kappa shape index (κ1) is 15.0. The SMILES string of the molecule is CCN(Cc1ccc(C#N)cc1Cl)CC(C)(C)O. The van der Waals surface area contributed by atoms with Gasteiger partial charge in [0.2, 0.25) is 0 Å². The molecule has 0 amide bonds. The smallest absolute Gasteiger partial charge is 0.0992 e. The van der Waals surface area contributed by atoms with Crippen molar-refractivity contribution in [2.24, 2.45) is 0 Å². The Kier molecular flexibility index (Phi) is 5.15. The summed E-state index contributed by atoms with van der Waals surface area (Å²) >= 11 is 6.14. The Labute approximate surface area is 114 Å². The van der Waals surface area contributed by atoms with Crippen molar-refractivity contribution in [3.05, 3.63) is 34.3 Å². The van der Waals surface area contributed by atoms with Gasteiger partial charge in [0.25, 0.3) is 0 Å². The number of hydrogen-bond donors (Lipinski definition) is 1. The van der Waals surface area contributed by atoms with Gasteiger partial charge in [0, 0.05) is 18.1 Å². The second kappa shape index (κ2) is 6.19. The lowest BCUT2D eigenvalue weighted by Crippen LogP contribution is -2.38. The molecular formula is C14H19ClN2O. The highest BCUT2D eigenvalue weighted by atomic mass is 35.5. The van der Waals surface area contributed by atoms with E-state index in [1.54, 1.807) is 26.0 Å². The van der Waals surface area contributed by atoms with Crippen LogP contribution in [0.4, 0.5) is 0 Å². The second-order valence-electron chi connectivity index (χ2n) is 5.03. The maximum Gasteiger partial charge on any atom is 0.0992 e. The number of halogens is 1. The zero-order valence-corrected chi connectivity index (χ0v) is 11.8. The van der Waals surface area contributed by atoms with Crippen LogP contribution in [0.25, 0.3) is 0 Å². The number of nitrogens with zero attached hydrogens (tertiary/aromatic N) is 2. The minimum absolute atomic E-state index is 0.564. The predicted molar refractivity (Wildman–Crippen MR) is 73.4 cm³/mol. The predicted octanol–water partition coefficient (Wildman–Crippen LogP) is 2.80. The fourth-order valence-electron chi connectivity index (χ4n) is 1.81. The van der Waals surface area contributed by atoms with Crippen molar-refractivity contribution in [1.82, 2.24) is 4.90 Å². The summed E-state index contributed by atoms with van der Waals surface area (Å²) in [6.45, 7) is 7.71. The van der Waals surface area contributed by atoms with Crippen molar-refractivity contribution in [2.45, 2.75) is 32.9 Å². The molecule has 0 heterocycles. The summed E-state index contributed by atoms with van der Waals surface area (Å²) in [4.78, 5) is 2.12. The van der Waals surface area contributed by atoms with Crippen LogP contribution in [0.2, 0.25) is 5.02 Å². The molecule has 0 saturated heterocycles. The first-order valence-electron chi connectivity index (χ1n) is 5.99. The van der Waals surface area contributed by atoms with Crippen LogP contribution in [-0.4, -0.2) is 28.7 Å². The lowest BCUT2D eigenvalue weighted by atomic mass is 10.1. The number of hydrogen-bond acceptors (Lipinski definition) is 3. The van der Waals surface area contributed by atoms with Gasteiger partial charge < -0.3 is 5.11 Å². The Hall–Kier alpha value is -1.08. The minimum Gasteiger partial charge on any atom is -0.389 e. The van der Waals surface area contributed by atoms with Gasteiger partial charge in [-0.1, -0.05) is 24.6 Å². The average Bonchev–Trinajstić information content (AvgIpc) is 2.28. The Balaban J connectivity index is 2.80. The largest absolute Gasteiger partial charge is 0.389 e. The van der Waals surface area contributed by atoms with Gasteiger partial charge in [-0.25, -0.2) is 0 Å². The maximum atomic E-state index is 9.83. The second-order valence-corrected chi connectivity index (χ2v) is 5.44. The molecule has 18 heavy (non-hydrogen) atoms. The number of likely N-dealkylation sites (N-methyl/N-ethyl adjacent to an activating group) is 1. The summed E-state index contributed by atoms with van der Waals surface area (Å²) in [6, 6.07) is 7.37. The van der Waals surface area contributed by atoms with E-state index in [4.69, 9.17) is 16.9 Å². The minimum atomic E-state index is -0.727. The van der Waals surface area contributed by atoms with E-state index < -0.39 is 5.60 Å². The first-order valence-corrected chi connectivity index (χ1v) is 6.37. The molecule has 1 N–H and O–H groups in total. The van der Waals surface area contributed by atoms with Gasteiger partial charge in [-0.2, -0.15) is 5.26 Å². The third-order valence-corrected chi connectivity index (χ3v) is 2.99. The number of nitriles is 1. The van der Waals surface area contributed by atoms with Crippen LogP contribution in [0.5, 0.6) is 0 Å². The fourth-order valence-corrected chi connectivity index (χ4v) is 2.05. The lowest BCUT2D eigenvalue weighted by Gasteiger charge is -2.28. The summed E-state index contributed by atoms with van der Waals surface area (Å²) in [5, 5.41) is 19.2. The molecule has 0 unspecified atom stereocenters. The fraction of sp³-hybridized carbons (Fsp3) is 0.500. The molecule has 0 saturated carbocycles. The molecule has 0 bridgehead atoms. The van der Waals surface area contributed by atoms with Crippen molar-refractivity contribution >= 4 is 11.6 Å². The van der Waals surface area contributed by atoms with Crippen LogP contribution in [0.3, 0.4) is 0 Å². The highest BCUT2D eigenvalue weighted by Crippen LogP contribution is 2.20. The lowest BCUT2D eigenvalue weighted by molar-refractivity contribution is 0.0353. The van der Waals surface area contributed by atoms with Gasteiger partial charge in [0.1, 0.15) is 0 Å². The molecule has 0 aromatic heterocycles. The average molecular weight is 267 g/mol. The van der Waals surface area contributed by atoms with Gasteiger partial charge in [-0.3, -0.25) is 4.90 Å². The van der Waals surface area contributed by atoms with E-state index in [0.717, 1.165) is 12.1 Å². The molecule has 4 heteroatoms. The third kappa shape index (κ3) is 4.66. The molecule has 3 nitrogen and oxygen atoms in total. The summed E-state index contributed by atoms with van der Waals surface area (Å²) in [5.41, 5.74) is 0.811. The molecule has 0 spiro atoms. The first-order chi connectivity index (χ1) is 8.35. The van der Waals surface area contributed by atoms with Gasteiger partial charge in [0.15, 0.2) is 0 Å². The van der Waals surface area contributed by atoms with Crippen molar-refractivity contribution in [1.29, 1.82) is 5.26 Å². The van der Waals surface area contributed by atoms with Gasteiger partial charge in [-0.05, 0) is 38.1 Å². The van der Waals surface area contributed by atoms with Crippen LogP contribution in [0.1, 0.15) is 31.9 Å². The highest BCUT2D eigenvalue weighted by Gasteiger charge is 2.18. The quantitative estimate of drug-likeness (QED) is 0.892. The number of rotatable bonds is 5. The topological polar surface area (TPSA) is 47.3 Å². The van der Waals surface area contributed by atoms with E-state index >= 15 is 0 Å². The van der Waals surface area contributed by atoms with Crippen molar-refractivity contribution < 1.29 is 5.11 Å². The van der Waals surface area contributed by atoms with Crippen molar-refractivity contribution in [3.63, 3.8) is 0 Å². The van der Waals surface area contributed by atoms with Crippen LogP contribution in [0, 0.1) is 11.3 Å². The van der Waals surface area contributed by atoms with Crippen LogP contribution in [0.15, 0.2) is 18.2 Å². The third-order valence-electron chi connectivity index (χ3n) is 2.63. The number of benzene rings is 1. The molecule has 0 aliphatic heterocycles. The molecule has 0 aliphatic carbocycles. The Morgan fingerprint density at radius 1 is 1.44 bits per heavy atom. The van der Waals surface area contributed by atoms with E-state index in [-0.39, 0.29) is 0 Å². The summed E-state index contributed by atoms with van der Waals surface area (Å²) in [6.07, 6.45) is 0.